The number of aryl methyl sites for hydroxylation is 2. The molecule has 4 rings (SSSR count). The summed E-state index contributed by atoms with van der Waals surface area (Å²) in [4.78, 5) is 18.0. The van der Waals surface area contributed by atoms with Crippen molar-refractivity contribution in [2.45, 2.75) is 23.5 Å². The van der Waals surface area contributed by atoms with Crippen molar-refractivity contribution in [3.8, 4) is 0 Å². The van der Waals surface area contributed by atoms with E-state index in [1.165, 1.54) is 11.8 Å². The van der Waals surface area contributed by atoms with Crippen LogP contribution in [0.5, 0.6) is 0 Å². The van der Waals surface area contributed by atoms with Gasteiger partial charge in [-0.25, -0.2) is 4.98 Å². The number of hydrogen-bond acceptors (Lipinski definition) is 3. The SMILES string of the molecule is Cc1cc2ccccc2n1CC(=O)Nc1ccccc1Sc1nccn1C. The fourth-order valence-electron chi connectivity index (χ4n) is 3.10. The van der Waals surface area contributed by atoms with Crippen LogP contribution in [-0.2, 0) is 18.4 Å². The van der Waals surface area contributed by atoms with Crippen molar-refractivity contribution in [1.29, 1.82) is 0 Å². The largest absolute Gasteiger partial charge is 0.335 e. The van der Waals surface area contributed by atoms with Gasteiger partial charge < -0.3 is 14.5 Å². The first-order valence-electron chi connectivity index (χ1n) is 8.71. The van der Waals surface area contributed by atoms with Crippen molar-refractivity contribution < 1.29 is 4.79 Å². The monoisotopic (exact) mass is 376 g/mol. The summed E-state index contributed by atoms with van der Waals surface area (Å²) in [6.45, 7) is 2.30. The van der Waals surface area contributed by atoms with Crippen LogP contribution in [0, 0.1) is 6.92 Å². The molecule has 0 aliphatic carbocycles. The molecule has 1 amide bonds. The van der Waals surface area contributed by atoms with Crippen LogP contribution < -0.4 is 5.32 Å². The zero-order valence-corrected chi connectivity index (χ0v) is 16.0. The number of nitrogens with one attached hydrogen (secondary N) is 1. The summed E-state index contributed by atoms with van der Waals surface area (Å²) in [5, 5.41) is 5.08. The van der Waals surface area contributed by atoms with Gasteiger partial charge in [-0.05, 0) is 48.3 Å². The summed E-state index contributed by atoms with van der Waals surface area (Å²) in [5.74, 6) is -0.0488. The maximum Gasteiger partial charge on any atom is 0.244 e. The number of benzene rings is 2. The van der Waals surface area contributed by atoms with E-state index in [-0.39, 0.29) is 12.5 Å². The molecule has 6 heteroatoms. The summed E-state index contributed by atoms with van der Waals surface area (Å²) in [6.07, 6.45) is 3.67. The molecule has 0 saturated heterocycles. The van der Waals surface area contributed by atoms with E-state index in [1.54, 1.807) is 6.20 Å². The number of nitrogens with zero attached hydrogens (tertiary/aromatic N) is 3. The minimum atomic E-state index is -0.0488. The number of para-hydroxylation sites is 2. The van der Waals surface area contributed by atoms with Gasteiger partial charge in [0.2, 0.25) is 5.91 Å². The summed E-state index contributed by atoms with van der Waals surface area (Å²) in [7, 11) is 1.95. The third-order valence-electron chi connectivity index (χ3n) is 4.46. The second-order valence-corrected chi connectivity index (χ2v) is 7.41. The van der Waals surface area contributed by atoms with Crippen LogP contribution in [0.2, 0.25) is 0 Å². The standard InChI is InChI=1S/C21H20N4OS/c1-15-13-16-7-3-5-9-18(16)25(15)14-20(26)23-17-8-4-6-10-19(17)27-21-22-11-12-24(21)2/h3-13H,14H2,1-2H3,(H,23,26). The molecule has 0 unspecified atom stereocenters. The fourth-order valence-corrected chi connectivity index (χ4v) is 3.99. The molecule has 0 saturated carbocycles. The van der Waals surface area contributed by atoms with E-state index < -0.39 is 0 Å². The third kappa shape index (κ3) is 3.61. The molecule has 0 aliphatic heterocycles. The minimum Gasteiger partial charge on any atom is -0.335 e. The van der Waals surface area contributed by atoms with Crippen molar-refractivity contribution in [3.05, 3.63) is 72.7 Å². The smallest absolute Gasteiger partial charge is 0.244 e. The normalized spacial score (nSPS) is 11.0. The van der Waals surface area contributed by atoms with E-state index >= 15 is 0 Å². The van der Waals surface area contributed by atoms with E-state index in [1.807, 2.05) is 71.8 Å². The van der Waals surface area contributed by atoms with E-state index in [0.29, 0.717) is 0 Å². The maximum absolute atomic E-state index is 12.7. The number of fused-ring (bicyclic) bond motifs is 1. The van der Waals surface area contributed by atoms with E-state index in [0.717, 1.165) is 32.3 Å². The zero-order chi connectivity index (χ0) is 18.8. The number of carbonyl (C=O) groups is 1. The molecule has 2 aromatic carbocycles. The highest BCUT2D eigenvalue weighted by atomic mass is 32.2. The number of rotatable bonds is 5. The summed E-state index contributed by atoms with van der Waals surface area (Å²) in [6, 6.07) is 18.0. The van der Waals surface area contributed by atoms with Crippen LogP contribution in [0.15, 0.2) is 77.0 Å². The Morgan fingerprint density at radius 2 is 1.93 bits per heavy atom. The second-order valence-electron chi connectivity index (χ2n) is 6.40. The predicted molar refractivity (Wildman–Crippen MR) is 109 cm³/mol. The Morgan fingerprint density at radius 3 is 2.74 bits per heavy atom. The van der Waals surface area contributed by atoms with Crippen molar-refractivity contribution in [1.82, 2.24) is 14.1 Å². The summed E-state index contributed by atoms with van der Waals surface area (Å²) < 4.78 is 4.00. The molecule has 2 heterocycles. The summed E-state index contributed by atoms with van der Waals surface area (Å²) in [5.41, 5.74) is 2.94. The molecule has 2 aromatic heterocycles. The molecule has 4 aromatic rings. The predicted octanol–water partition coefficient (Wildman–Crippen LogP) is 4.47. The van der Waals surface area contributed by atoms with Gasteiger partial charge >= 0.3 is 0 Å². The highest BCUT2D eigenvalue weighted by Gasteiger charge is 2.13. The van der Waals surface area contributed by atoms with Crippen LogP contribution in [0.3, 0.4) is 0 Å². The number of hydrogen-bond donors (Lipinski definition) is 1. The van der Waals surface area contributed by atoms with Gasteiger partial charge in [-0.1, -0.05) is 30.3 Å². The second kappa shape index (κ2) is 7.32. The molecular weight excluding hydrogens is 356 g/mol. The molecule has 136 valence electrons. The van der Waals surface area contributed by atoms with Crippen molar-refractivity contribution in [2.24, 2.45) is 7.05 Å². The molecule has 0 bridgehead atoms. The molecule has 0 radical (unpaired) electrons. The Hall–Kier alpha value is -2.99. The first-order chi connectivity index (χ1) is 13.1. The fraction of sp³-hybridized carbons (Fsp3) is 0.143. The topological polar surface area (TPSA) is 51.9 Å². The Balaban J connectivity index is 1.55. The molecular formula is C21H20N4OS. The number of aromatic nitrogens is 3. The Labute approximate surface area is 162 Å². The minimum absolute atomic E-state index is 0.0488. The van der Waals surface area contributed by atoms with Crippen molar-refractivity contribution in [2.75, 3.05) is 5.32 Å². The van der Waals surface area contributed by atoms with Gasteiger partial charge in [-0.15, -0.1) is 0 Å². The highest BCUT2D eigenvalue weighted by molar-refractivity contribution is 7.99. The van der Waals surface area contributed by atoms with Crippen molar-refractivity contribution in [3.63, 3.8) is 0 Å². The lowest BCUT2D eigenvalue weighted by molar-refractivity contribution is -0.116. The van der Waals surface area contributed by atoms with Gasteiger partial charge in [0, 0.05) is 35.5 Å². The van der Waals surface area contributed by atoms with E-state index in [2.05, 4.69) is 22.4 Å². The molecule has 0 spiro atoms. The van der Waals surface area contributed by atoms with Gasteiger partial charge in [0.1, 0.15) is 6.54 Å². The average molecular weight is 376 g/mol. The molecule has 27 heavy (non-hydrogen) atoms. The van der Waals surface area contributed by atoms with Gasteiger partial charge in [-0.2, -0.15) is 0 Å². The first-order valence-corrected chi connectivity index (χ1v) is 9.52. The van der Waals surface area contributed by atoms with Gasteiger partial charge in [-0.3, -0.25) is 4.79 Å². The third-order valence-corrected chi connectivity index (χ3v) is 5.61. The van der Waals surface area contributed by atoms with Gasteiger partial charge in [0.05, 0.1) is 5.69 Å². The van der Waals surface area contributed by atoms with Crippen molar-refractivity contribution >= 4 is 34.3 Å². The van der Waals surface area contributed by atoms with Gasteiger partial charge in [0.15, 0.2) is 5.16 Å². The van der Waals surface area contributed by atoms with Crippen LogP contribution in [-0.4, -0.2) is 20.0 Å². The van der Waals surface area contributed by atoms with E-state index in [9.17, 15) is 4.79 Å². The molecule has 0 fully saturated rings. The Bertz CT molecular complexity index is 1110. The van der Waals surface area contributed by atoms with Crippen LogP contribution >= 0.6 is 11.8 Å². The molecule has 0 aliphatic rings. The summed E-state index contributed by atoms with van der Waals surface area (Å²) >= 11 is 1.53. The molecule has 5 nitrogen and oxygen atoms in total. The highest BCUT2D eigenvalue weighted by Crippen LogP contribution is 2.32. The van der Waals surface area contributed by atoms with E-state index in [4.69, 9.17) is 0 Å². The van der Waals surface area contributed by atoms with Crippen LogP contribution in [0.4, 0.5) is 5.69 Å². The molecule has 0 atom stereocenters. The number of carbonyl (C=O) groups excluding carboxylic acids is 1. The Kier molecular flexibility index (Phi) is 4.73. The first kappa shape index (κ1) is 17.4. The lowest BCUT2D eigenvalue weighted by atomic mass is 10.2. The number of imidazole rings is 1. The lowest BCUT2D eigenvalue weighted by Crippen LogP contribution is -2.19. The average Bonchev–Trinajstić information content (AvgIpc) is 3.20. The van der Waals surface area contributed by atoms with Crippen LogP contribution in [0.25, 0.3) is 10.9 Å². The van der Waals surface area contributed by atoms with Crippen LogP contribution in [0.1, 0.15) is 5.69 Å². The number of amides is 1. The van der Waals surface area contributed by atoms with Gasteiger partial charge in [0.25, 0.3) is 0 Å². The maximum atomic E-state index is 12.7. The quantitative estimate of drug-likeness (QED) is 0.559. The lowest BCUT2D eigenvalue weighted by Gasteiger charge is -2.12. The molecule has 1 N–H and O–H groups in total. The zero-order valence-electron chi connectivity index (χ0n) is 15.2. The Morgan fingerprint density at radius 1 is 1.15 bits per heavy atom. The number of anilines is 1.